The largest absolute Gasteiger partial charge is 0.460 e. The third kappa shape index (κ3) is 8.70. The van der Waals surface area contributed by atoms with E-state index in [4.69, 9.17) is 21.1 Å². The van der Waals surface area contributed by atoms with Gasteiger partial charge in [0.25, 0.3) is 6.33 Å². The van der Waals surface area contributed by atoms with Gasteiger partial charge < -0.3 is 19.9 Å². The molecule has 19 heteroatoms. The fraction of sp³-hybridized carbons (Fsp3) is 0.333. The van der Waals surface area contributed by atoms with Crippen molar-refractivity contribution in [3.63, 3.8) is 0 Å². The van der Waals surface area contributed by atoms with Gasteiger partial charge in [0.1, 0.15) is 48.1 Å². The standard InChI is InChI=1S/C33H36ClF2N10O5S/c1-21(51-31(48)43(5)27-12-23(34)7-6-22(27)15-50-30(47)14-37-4)44-19-40-45(20-44)16-33(49,25-9-8-24(35)13-26(25)36)32(2,3)52-29-11-10-28(41-42-29)46-18-38-17-39-46/h6-13,17-21,37,49H,14-16H2,1-5H3/q+1. The second-order valence-corrected chi connectivity index (χ2v) is 14.1. The monoisotopic (exact) mass is 757 g/mol. The predicted molar refractivity (Wildman–Crippen MR) is 184 cm³/mol. The van der Waals surface area contributed by atoms with Crippen molar-refractivity contribution in [2.75, 3.05) is 25.5 Å². The van der Waals surface area contributed by atoms with Crippen LogP contribution in [0.4, 0.5) is 19.3 Å². The number of carbonyl (C=O) groups is 2. The Kier molecular flexibility index (Phi) is 11.8. The summed E-state index contributed by atoms with van der Waals surface area (Å²) in [5.74, 6) is -1.81. The Bertz CT molecular complexity index is 2020. The van der Waals surface area contributed by atoms with Crippen LogP contribution in [0, 0.1) is 11.6 Å². The summed E-state index contributed by atoms with van der Waals surface area (Å²) in [6, 6.07) is 11.1. The zero-order chi connectivity index (χ0) is 37.6. The van der Waals surface area contributed by atoms with E-state index in [1.807, 2.05) is 0 Å². The molecule has 0 saturated heterocycles. The number of thioether (sulfide) groups is 1. The summed E-state index contributed by atoms with van der Waals surface area (Å²) in [5.41, 5.74) is -1.29. The molecule has 52 heavy (non-hydrogen) atoms. The predicted octanol–water partition coefficient (Wildman–Crippen LogP) is 3.99. The summed E-state index contributed by atoms with van der Waals surface area (Å²) in [6.45, 7) is 4.60. The van der Waals surface area contributed by atoms with E-state index in [1.165, 1.54) is 57.3 Å². The van der Waals surface area contributed by atoms with E-state index in [2.05, 4.69) is 30.7 Å². The summed E-state index contributed by atoms with van der Waals surface area (Å²) >= 11 is 7.34. The van der Waals surface area contributed by atoms with Crippen LogP contribution in [0.3, 0.4) is 0 Å². The van der Waals surface area contributed by atoms with Crippen molar-refractivity contribution in [3.05, 3.63) is 102 Å². The van der Waals surface area contributed by atoms with E-state index in [0.717, 1.165) is 17.8 Å². The minimum Gasteiger partial charge on any atom is -0.460 e. The van der Waals surface area contributed by atoms with Gasteiger partial charge >= 0.3 is 12.1 Å². The molecule has 2 atom stereocenters. The number of aliphatic hydroxyl groups is 1. The topological polar surface area (TPSA) is 166 Å². The molecule has 0 fully saturated rings. The number of carbonyl (C=O) groups excluding carboxylic acids is 2. The highest BCUT2D eigenvalue weighted by Gasteiger charge is 2.50. The van der Waals surface area contributed by atoms with Crippen LogP contribution in [0.25, 0.3) is 5.82 Å². The number of hydrogen-bond donors (Lipinski definition) is 2. The van der Waals surface area contributed by atoms with E-state index in [9.17, 15) is 19.1 Å². The molecule has 2 N–H and O–H groups in total. The highest BCUT2D eigenvalue weighted by Crippen LogP contribution is 2.47. The van der Waals surface area contributed by atoms with Crippen LogP contribution in [-0.2, 0) is 33.0 Å². The normalized spacial score (nSPS) is 13.3. The molecular formula is C33H36ClF2N10O5S+. The molecule has 3 heterocycles. The molecule has 15 nitrogen and oxygen atoms in total. The molecule has 0 aliphatic carbocycles. The summed E-state index contributed by atoms with van der Waals surface area (Å²) in [4.78, 5) is 30.3. The van der Waals surface area contributed by atoms with Gasteiger partial charge in [-0.1, -0.05) is 35.5 Å². The Morgan fingerprint density at radius 2 is 1.92 bits per heavy atom. The maximum Gasteiger partial charge on any atom is 0.416 e. The minimum absolute atomic E-state index is 0.0178. The number of benzene rings is 2. The summed E-state index contributed by atoms with van der Waals surface area (Å²) in [7, 11) is 3.10. The third-order valence-corrected chi connectivity index (χ3v) is 9.60. The maximum atomic E-state index is 15.4. The molecule has 3 aromatic heterocycles. The van der Waals surface area contributed by atoms with Crippen molar-refractivity contribution < 1.29 is 37.5 Å². The van der Waals surface area contributed by atoms with Gasteiger partial charge in [0.15, 0.2) is 5.82 Å². The van der Waals surface area contributed by atoms with Crippen LogP contribution < -0.4 is 14.8 Å². The second-order valence-electron chi connectivity index (χ2n) is 12.1. The first-order valence-corrected chi connectivity index (χ1v) is 16.9. The van der Waals surface area contributed by atoms with Gasteiger partial charge in [-0.2, -0.15) is 9.67 Å². The van der Waals surface area contributed by atoms with Crippen LogP contribution in [-0.4, -0.2) is 77.3 Å². The van der Waals surface area contributed by atoms with Crippen molar-refractivity contribution in [2.24, 2.45) is 0 Å². The Labute approximate surface area is 306 Å². The first-order chi connectivity index (χ1) is 24.7. The van der Waals surface area contributed by atoms with Crippen molar-refractivity contribution in [1.82, 2.24) is 40.1 Å². The number of halogens is 3. The molecule has 0 bridgehead atoms. The van der Waals surface area contributed by atoms with Crippen molar-refractivity contribution in [2.45, 2.75) is 55.5 Å². The Hall–Kier alpha value is -5.04. The SMILES string of the molecule is CNCC(=O)OCc1ccc(Cl)cc1N(C)C(=O)OC(C)[n+]1cnn(CC(O)(c2ccc(F)cc2F)C(C)(C)Sc2ccc(-n3cncn3)nn2)c1. The van der Waals surface area contributed by atoms with E-state index in [-0.39, 0.29) is 25.3 Å². The summed E-state index contributed by atoms with van der Waals surface area (Å²) in [5, 5.41) is 32.7. The average molecular weight is 758 g/mol. The fourth-order valence-electron chi connectivity index (χ4n) is 5.14. The molecule has 1 amide bonds. The van der Waals surface area contributed by atoms with Gasteiger partial charge in [0.05, 0.1) is 17.0 Å². The lowest BCUT2D eigenvalue weighted by molar-refractivity contribution is -0.753. The first-order valence-electron chi connectivity index (χ1n) is 15.7. The Balaban J connectivity index is 1.34. The fourth-order valence-corrected chi connectivity index (χ4v) is 6.39. The number of likely N-dealkylation sites (N-methyl/N-ethyl adjacent to an activating group) is 1. The number of anilines is 1. The number of aromatic nitrogens is 8. The quantitative estimate of drug-likeness (QED) is 0.0952. The molecule has 0 saturated carbocycles. The Morgan fingerprint density at radius 1 is 1.13 bits per heavy atom. The van der Waals surface area contributed by atoms with E-state index in [1.54, 1.807) is 58.2 Å². The highest BCUT2D eigenvalue weighted by atomic mass is 35.5. The van der Waals surface area contributed by atoms with Crippen molar-refractivity contribution in [1.29, 1.82) is 0 Å². The lowest BCUT2D eigenvalue weighted by Gasteiger charge is -2.40. The maximum absolute atomic E-state index is 15.4. The van der Waals surface area contributed by atoms with E-state index >= 15 is 4.39 Å². The van der Waals surface area contributed by atoms with Gasteiger partial charge in [-0.25, -0.2) is 23.2 Å². The minimum atomic E-state index is -2.01. The molecule has 0 spiro atoms. The molecular weight excluding hydrogens is 722 g/mol. The van der Waals surface area contributed by atoms with Gasteiger partial charge in [-0.3, -0.25) is 9.69 Å². The van der Waals surface area contributed by atoms with E-state index < -0.39 is 40.3 Å². The molecule has 0 aliphatic rings. The molecule has 0 aliphatic heterocycles. The van der Waals surface area contributed by atoms with Crippen LogP contribution >= 0.6 is 23.4 Å². The van der Waals surface area contributed by atoms with Crippen LogP contribution in [0.1, 0.15) is 38.1 Å². The molecule has 0 radical (unpaired) electrons. The van der Waals surface area contributed by atoms with Gasteiger partial charge in [0.2, 0.25) is 12.6 Å². The number of nitrogens with zero attached hydrogens (tertiary/aromatic N) is 9. The number of esters is 1. The van der Waals surface area contributed by atoms with E-state index in [0.29, 0.717) is 33.2 Å². The summed E-state index contributed by atoms with van der Waals surface area (Å²) in [6.07, 6.45) is 4.02. The number of nitrogens with one attached hydrogen (secondary N) is 1. The zero-order valence-corrected chi connectivity index (χ0v) is 30.3. The second kappa shape index (κ2) is 16.1. The smallest absolute Gasteiger partial charge is 0.416 e. The lowest BCUT2D eigenvalue weighted by Crippen LogP contribution is -2.49. The average Bonchev–Trinajstić information content (AvgIpc) is 3.81. The van der Waals surface area contributed by atoms with Gasteiger partial charge in [-0.05, 0) is 51.2 Å². The first kappa shape index (κ1) is 38.2. The van der Waals surface area contributed by atoms with Crippen LogP contribution in [0.5, 0.6) is 0 Å². The molecule has 2 aromatic carbocycles. The Morgan fingerprint density at radius 3 is 2.60 bits per heavy atom. The van der Waals surface area contributed by atoms with Gasteiger partial charge in [-0.15, -0.1) is 14.9 Å². The van der Waals surface area contributed by atoms with Gasteiger partial charge in [0, 0.05) is 41.3 Å². The third-order valence-electron chi connectivity index (χ3n) is 8.09. The van der Waals surface area contributed by atoms with Crippen molar-refractivity contribution >= 4 is 41.1 Å². The number of rotatable bonds is 14. The lowest BCUT2D eigenvalue weighted by atomic mass is 9.82. The number of hydrogen-bond acceptors (Lipinski definition) is 12. The molecule has 274 valence electrons. The number of ether oxygens (including phenoxy) is 2. The molecule has 2 unspecified atom stereocenters. The van der Waals surface area contributed by atoms with Crippen molar-refractivity contribution in [3.8, 4) is 5.82 Å². The number of amides is 1. The molecule has 5 aromatic rings. The van der Waals surface area contributed by atoms with Crippen LogP contribution in [0.15, 0.2) is 78.9 Å². The summed E-state index contributed by atoms with van der Waals surface area (Å²) < 4.78 is 43.4. The highest BCUT2D eigenvalue weighted by molar-refractivity contribution is 8.00. The zero-order valence-electron chi connectivity index (χ0n) is 28.8. The molecule has 5 rings (SSSR count). The van der Waals surface area contributed by atoms with Crippen LogP contribution in [0.2, 0.25) is 5.02 Å².